The Morgan fingerprint density at radius 2 is 2.15 bits per heavy atom. The van der Waals surface area contributed by atoms with Crippen molar-refractivity contribution in [2.75, 3.05) is 6.61 Å². The summed E-state index contributed by atoms with van der Waals surface area (Å²) in [6.07, 6.45) is -0.116. The van der Waals surface area contributed by atoms with Crippen LogP contribution in [0.5, 0.6) is 0 Å². The summed E-state index contributed by atoms with van der Waals surface area (Å²) in [6.45, 7) is 3.79. The van der Waals surface area contributed by atoms with Gasteiger partial charge in [-0.15, -0.1) is 0 Å². The minimum atomic E-state index is -0.585. The Morgan fingerprint density at radius 3 is 2.80 bits per heavy atom. The zero-order valence-corrected chi connectivity index (χ0v) is 11.7. The molecule has 3 atom stereocenters. The van der Waals surface area contributed by atoms with Crippen molar-refractivity contribution in [3.63, 3.8) is 0 Å². The van der Waals surface area contributed by atoms with E-state index in [2.05, 4.69) is 10.5 Å². The first kappa shape index (κ1) is 14.5. The summed E-state index contributed by atoms with van der Waals surface area (Å²) in [4.78, 5) is 17.3. The van der Waals surface area contributed by atoms with Crippen molar-refractivity contribution in [3.05, 3.63) is 35.9 Å². The van der Waals surface area contributed by atoms with Crippen LogP contribution in [-0.4, -0.2) is 35.5 Å². The number of hydrogen-bond acceptors (Lipinski definition) is 4. The standard InChI is InChI=1S/C15H20N2O3/c1-10(9-18)11(2)16-15(19)14-8-13(17-20-14)12-6-4-3-5-7-12/h3-7,10-11,14,18H,8-9H2,1-2H3,(H,16,19). The van der Waals surface area contributed by atoms with Gasteiger partial charge >= 0.3 is 0 Å². The van der Waals surface area contributed by atoms with E-state index in [-0.39, 0.29) is 24.5 Å². The van der Waals surface area contributed by atoms with Crippen molar-refractivity contribution in [1.82, 2.24) is 5.32 Å². The molecule has 0 bridgehead atoms. The number of aliphatic hydroxyl groups is 1. The fourth-order valence-corrected chi connectivity index (χ4v) is 1.94. The fraction of sp³-hybridized carbons (Fsp3) is 0.467. The molecular formula is C15H20N2O3. The molecule has 1 aromatic rings. The molecule has 5 heteroatoms. The number of aliphatic hydroxyl groups excluding tert-OH is 1. The Balaban J connectivity index is 1.90. The highest BCUT2D eigenvalue weighted by Crippen LogP contribution is 2.17. The highest BCUT2D eigenvalue weighted by Gasteiger charge is 2.30. The first-order valence-electron chi connectivity index (χ1n) is 6.81. The van der Waals surface area contributed by atoms with Gasteiger partial charge in [-0.1, -0.05) is 42.4 Å². The molecule has 20 heavy (non-hydrogen) atoms. The van der Waals surface area contributed by atoms with Gasteiger partial charge in [-0.25, -0.2) is 0 Å². The molecule has 3 unspecified atom stereocenters. The van der Waals surface area contributed by atoms with Gasteiger partial charge in [0.15, 0.2) is 0 Å². The van der Waals surface area contributed by atoms with Crippen LogP contribution in [0.25, 0.3) is 0 Å². The molecule has 0 saturated heterocycles. The van der Waals surface area contributed by atoms with Gasteiger partial charge in [-0.3, -0.25) is 4.79 Å². The summed E-state index contributed by atoms with van der Waals surface area (Å²) in [7, 11) is 0. The number of carbonyl (C=O) groups excluding carboxylic acids is 1. The summed E-state index contributed by atoms with van der Waals surface area (Å²) in [6, 6.07) is 9.57. The van der Waals surface area contributed by atoms with Crippen LogP contribution in [0.3, 0.4) is 0 Å². The van der Waals surface area contributed by atoms with Crippen LogP contribution >= 0.6 is 0 Å². The van der Waals surface area contributed by atoms with Crippen LogP contribution in [0.1, 0.15) is 25.8 Å². The normalized spacial score (nSPS) is 20.8. The van der Waals surface area contributed by atoms with Gasteiger partial charge in [-0.2, -0.15) is 0 Å². The summed E-state index contributed by atoms with van der Waals surface area (Å²) in [5.41, 5.74) is 1.76. The molecule has 5 nitrogen and oxygen atoms in total. The Bertz CT molecular complexity index is 487. The van der Waals surface area contributed by atoms with Crippen molar-refractivity contribution in [2.24, 2.45) is 11.1 Å². The van der Waals surface area contributed by atoms with E-state index in [4.69, 9.17) is 9.94 Å². The highest BCUT2D eigenvalue weighted by atomic mass is 16.6. The minimum Gasteiger partial charge on any atom is -0.396 e. The Hall–Kier alpha value is -1.88. The molecule has 1 amide bonds. The molecule has 0 radical (unpaired) electrons. The van der Waals surface area contributed by atoms with Gasteiger partial charge < -0.3 is 15.3 Å². The maximum absolute atomic E-state index is 12.1. The molecule has 1 aliphatic rings. The van der Waals surface area contributed by atoms with E-state index < -0.39 is 6.10 Å². The predicted molar refractivity (Wildman–Crippen MR) is 76.3 cm³/mol. The van der Waals surface area contributed by atoms with Gasteiger partial charge in [-0.05, 0) is 18.4 Å². The minimum absolute atomic E-state index is 0.00913. The number of benzene rings is 1. The van der Waals surface area contributed by atoms with Crippen LogP contribution in [0.2, 0.25) is 0 Å². The van der Waals surface area contributed by atoms with E-state index in [1.165, 1.54) is 0 Å². The summed E-state index contributed by atoms with van der Waals surface area (Å²) in [5.74, 6) is -0.178. The molecule has 2 rings (SSSR count). The number of rotatable bonds is 5. The molecule has 108 valence electrons. The number of hydrogen-bond donors (Lipinski definition) is 2. The lowest BCUT2D eigenvalue weighted by atomic mass is 10.0. The van der Waals surface area contributed by atoms with Gasteiger partial charge in [0.25, 0.3) is 5.91 Å². The molecule has 1 aliphatic heterocycles. The van der Waals surface area contributed by atoms with Crippen LogP contribution in [0, 0.1) is 5.92 Å². The molecule has 0 spiro atoms. The molecule has 0 saturated carbocycles. The summed E-state index contributed by atoms with van der Waals surface area (Å²) in [5, 5.41) is 15.9. The van der Waals surface area contributed by atoms with E-state index in [9.17, 15) is 4.79 Å². The highest BCUT2D eigenvalue weighted by molar-refractivity contribution is 6.04. The SMILES string of the molecule is CC(CO)C(C)NC(=O)C1CC(c2ccccc2)=NO1. The average Bonchev–Trinajstić information content (AvgIpc) is 2.97. The van der Waals surface area contributed by atoms with E-state index in [1.807, 2.05) is 44.2 Å². The number of amides is 1. The third kappa shape index (κ3) is 3.36. The van der Waals surface area contributed by atoms with Gasteiger partial charge in [0.2, 0.25) is 6.10 Å². The van der Waals surface area contributed by atoms with Crippen molar-refractivity contribution in [2.45, 2.75) is 32.4 Å². The second-order valence-corrected chi connectivity index (χ2v) is 5.16. The van der Waals surface area contributed by atoms with Crippen LogP contribution in [0.15, 0.2) is 35.5 Å². The number of oxime groups is 1. The molecule has 0 aromatic heterocycles. The first-order chi connectivity index (χ1) is 9.61. The molecule has 0 aliphatic carbocycles. The zero-order valence-electron chi connectivity index (χ0n) is 11.7. The lowest BCUT2D eigenvalue weighted by Gasteiger charge is -2.20. The number of nitrogens with zero attached hydrogens (tertiary/aromatic N) is 1. The number of carbonyl (C=O) groups is 1. The van der Waals surface area contributed by atoms with Crippen molar-refractivity contribution < 1.29 is 14.7 Å². The van der Waals surface area contributed by atoms with E-state index in [0.29, 0.717) is 6.42 Å². The molecule has 1 heterocycles. The second-order valence-electron chi connectivity index (χ2n) is 5.16. The quantitative estimate of drug-likeness (QED) is 0.852. The van der Waals surface area contributed by atoms with Crippen molar-refractivity contribution in [3.8, 4) is 0 Å². The van der Waals surface area contributed by atoms with Crippen LogP contribution < -0.4 is 5.32 Å². The summed E-state index contributed by atoms with van der Waals surface area (Å²) >= 11 is 0. The third-order valence-electron chi connectivity index (χ3n) is 3.58. The van der Waals surface area contributed by atoms with Crippen LogP contribution in [-0.2, 0) is 9.63 Å². The first-order valence-corrected chi connectivity index (χ1v) is 6.81. The Labute approximate surface area is 118 Å². The Morgan fingerprint density at radius 1 is 1.45 bits per heavy atom. The maximum Gasteiger partial charge on any atom is 0.264 e. The third-order valence-corrected chi connectivity index (χ3v) is 3.58. The van der Waals surface area contributed by atoms with Gasteiger partial charge in [0.1, 0.15) is 0 Å². The van der Waals surface area contributed by atoms with E-state index >= 15 is 0 Å². The van der Waals surface area contributed by atoms with Crippen LogP contribution in [0.4, 0.5) is 0 Å². The lowest BCUT2D eigenvalue weighted by Crippen LogP contribution is -2.43. The molecule has 1 aromatic carbocycles. The molecular weight excluding hydrogens is 256 g/mol. The monoisotopic (exact) mass is 276 g/mol. The van der Waals surface area contributed by atoms with E-state index in [0.717, 1.165) is 11.3 Å². The van der Waals surface area contributed by atoms with Gasteiger partial charge in [0.05, 0.1) is 5.71 Å². The molecule has 0 fully saturated rings. The van der Waals surface area contributed by atoms with E-state index in [1.54, 1.807) is 0 Å². The largest absolute Gasteiger partial charge is 0.396 e. The number of nitrogens with one attached hydrogen (secondary N) is 1. The topological polar surface area (TPSA) is 70.9 Å². The zero-order chi connectivity index (χ0) is 14.5. The smallest absolute Gasteiger partial charge is 0.264 e. The van der Waals surface area contributed by atoms with Crippen molar-refractivity contribution >= 4 is 11.6 Å². The van der Waals surface area contributed by atoms with Gasteiger partial charge in [0, 0.05) is 19.1 Å². The maximum atomic E-state index is 12.1. The lowest BCUT2D eigenvalue weighted by molar-refractivity contribution is -0.132. The predicted octanol–water partition coefficient (Wildman–Crippen LogP) is 1.31. The average molecular weight is 276 g/mol. The van der Waals surface area contributed by atoms with Crippen molar-refractivity contribution in [1.29, 1.82) is 0 Å². The fourth-order valence-electron chi connectivity index (χ4n) is 1.94. The Kier molecular flexibility index (Phi) is 4.74. The molecule has 2 N–H and O–H groups in total. The second kappa shape index (κ2) is 6.52. The summed E-state index contributed by atoms with van der Waals surface area (Å²) < 4.78 is 0.